The van der Waals surface area contributed by atoms with Crippen LogP contribution in [0.25, 0.3) is 5.69 Å². The van der Waals surface area contributed by atoms with E-state index in [1.807, 2.05) is 19.2 Å². The molecule has 19 heavy (non-hydrogen) atoms. The second kappa shape index (κ2) is 6.10. The number of aromatic nitrogens is 3. The van der Waals surface area contributed by atoms with Crippen molar-refractivity contribution < 1.29 is 4.79 Å². The first kappa shape index (κ1) is 13.2. The van der Waals surface area contributed by atoms with Gasteiger partial charge in [-0.1, -0.05) is 0 Å². The van der Waals surface area contributed by atoms with E-state index in [0.29, 0.717) is 12.1 Å². The fourth-order valence-electron chi connectivity index (χ4n) is 1.70. The van der Waals surface area contributed by atoms with Crippen LogP contribution in [-0.4, -0.2) is 52.8 Å². The fraction of sp³-hybridized carbons (Fsp3) is 0.308. The zero-order chi connectivity index (χ0) is 13.7. The SMILES string of the molecule is CNCCN(C)C(=O)c1ccc(-n2cncn2)cc1. The Balaban J connectivity index is 2.08. The van der Waals surface area contributed by atoms with E-state index in [1.54, 1.807) is 35.1 Å². The molecule has 6 nitrogen and oxygen atoms in total. The highest BCUT2D eigenvalue weighted by molar-refractivity contribution is 5.94. The molecule has 2 aromatic rings. The minimum Gasteiger partial charge on any atom is -0.340 e. The Bertz CT molecular complexity index is 520. The number of likely N-dealkylation sites (N-methyl/N-ethyl adjacent to an activating group) is 2. The molecule has 0 aliphatic heterocycles. The molecule has 1 aromatic heterocycles. The Labute approximate surface area is 112 Å². The number of nitrogens with zero attached hydrogens (tertiary/aromatic N) is 4. The van der Waals surface area contributed by atoms with Crippen molar-refractivity contribution in [3.05, 3.63) is 42.5 Å². The van der Waals surface area contributed by atoms with Gasteiger partial charge < -0.3 is 10.2 Å². The molecule has 6 heteroatoms. The van der Waals surface area contributed by atoms with Crippen LogP contribution in [0.4, 0.5) is 0 Å². The molecule has 2 rings (SSSR count). The van der Waals surface area contributed by atoms with E-state index in [2.05, 4.69) is 15.4 Å². The zero-order valence-corrected chi connectivity index (χ0v) is 11.1. The quantitative estimate of drug-likeness (QED) is 0.852. The molecule has 0 aliphatic rings. The van der Waals surface area contributed by atoms with E-state index < -0.39 is 0 Å². The van der Waals surface area contributed by atoms with E-state index >= 15 is 0 Å². The predicted octanol–water partition coefficient (Wildman–Crippen LogP) is 0.559. The van der Waals surface area contributed by atoms with Crippen LogP contribution in [0, 0.1) is 0 Å². The van der Waals surface area contributed by atoms with Crippen molar-refractivity contribution in [3.8, 4) is 5.69 Å². The van der Waals surface area contributed by atoms with Gasteiger partial charge in [-0.05, 0) is 31.3 Å². The minimum atomic E-state index is 0.0143. The zero-order valence-electron chi connectivity index (χ0n) is 11.1. The van der Waals surface area contributed by atoms with Gasteiger partial charge in [0.15, 0.2) is 0 Å². The Morgan fingerprint density at radius 1 is 1.37 bits per heavy atom. The number of nitrogens with one attached hydrogen (secondary N) is 1. The number of benzene rings is 1. The van der Waals surface area contributed by atoms with Crippen molar-refractivity contribution in [2.24, 2.45) is 0 Å². The summed E-state index contributed by atoms with van der Waals surface area (Å²) in [6.45, 7) is 1.46. The van der Waals surface area contributed by atoms with E-state index in [9.17, 15) is 4.79 Å². The van der Waals surface area contributed by atoms with E-state index in [4.69, 9.17) is 0 Å². The molecule has 0 fully saturated rings. The first-order chi connectivity index (χ1) is 9.22. The molecule has 0 aliphatic carbocycles. The van der Waals surface area contributed by atoms with Crippen molar-refractivity contribution in [1.82, 2.24) is 25.0 Å². The number of carbonyl (C=O) groups is 1. The largest absolute Gasteiger partial charge is 0.340 e. The summed E-state index contributed by atoms with van der Waals surface area (Å²) in [5.74, 6) is 0.0143. The lowest BCUT2D eigenvalue weighted by Gasteiger charge is -2.17. The number of hydrogen-bond acceptors (Lipinski definition) is 4. The van der Waals surface area contributed by atoms with Crippen LogP contribution in [-0.2, 0) is 0 Å². The fourth-order valence-corrected chi connectivity index (χ4v) is 1.70. The van der Waals surface area contributed by atoms with Crippen molar-refractivity contribution in [2.45, 2.75) is 0 Å². The van der Waals surface area contributed by atoms with Crippen LogP contribution in [0.3, 0.4) is 0 Å². The van der Waals surface area contributed by atoms with Crippen LogP contribution >= 0.6 is 0 Å². The van der Waals surface area contributed by atoms with Crippen LogP contribution in [0.5, 0.6) is 0 Å². The van der Waals surface area contributed by atoms with Gasteiger partial charge in [-0.2, -0.15) is 5.10 Å². The first-order valence-corrected chi connectivity index (χ1v) is 6.07. The number of hydrogen-bond donors (Lipinski definition) is 1. The highest BCUT2D eigenvalue weighted by atomic mass is 16.2. The average molecular weight is 259 g/mol. The van der Waals surface area contributed by atoms with Gasteiger partial charge in [-0.15, -0.1) is 0 Å². The molecule has 100 valence electrons. The second-order valence-corrected chi connectivity index (χ2v) is 4.22. The van der Waals surface area contributed by atoms with Crippen LogP contribution in [0.1, 0.15) is 10.4 Å². The highest BCUT2D eigenvalue weighted by Crippen LogP contribution is 2.09. The topological polar surface area (TPSA) is 63.1 Å². The summed E-state index contributed by atoms with van der Waals surface area (Å²) in [5, 5.41) is 7.06. The van der Waals surface area contributed by atoms with Gasteiger partial charge >= 0.3 is 0 Å². The molecule has 0 spiro atoms. The summed E-state index contributed by atoms with van der Waals surface area (Å²) in [6, 6.07) is 7.31. The Morgan fingerprint density at radius 3 is 2.68 bits per heavy atom. The third kappa shape index (κ3) is 3.17. The van der Waals surface area contributed by atoms with Crippen LogP contribution < -0.4 is 5.32 Å². The Morgan fingerprint density at radius 2 is 2.11 bits per heavy atom. The van der Waals surface area contributed by atoms with Gasteiger partial charge in [0, 0.05) is 25.7 Å². The monoisotopic (exact) mass is 259 g/mol. The van der Waals surface area contributed by atoms with Gasteiger partial charge in [0.05, 0.1) is 5.69 Å². The lowest BCUT2D eigenvalue weighted by atomic mass is 10.2. The van der Waals surface area contributed by atoms with Gasteiger partial charge in [0.2, 0.25) is 0 Å². The summed E-state index contributed by atoms with van der Waals surface area (Å²) in [4.78, 5) is 17.7. The van der Waals surface area contributed by atoms with Crippen molar-refractivity contribution in [3.63, 3.8) is 0 Å². The number of carbonyl (C=O) groups excluding carboxylic acids is 1. The smallest absolute Gasteiger partial charge is 0.253 e. The van der Waals surface area contributed by atoms with Crippen LogP contribution in [0.15, 0.2) is 36.9 Å². The molecule has 0 radical (unpaired) electrons. The predicted molar refractivity (Wildman–Crippen MR) is 72.2 cm³/mol. The van der Waals surface area contributed by atoms with Crippen molar-refractivity contribution in [1.29, 1.82) is 0 Å². The van der Waals surface area contributed by atoms with Crippen LogP contribution in [0.2, 0.25) is 0 Å². The Hall–Kier alpha value is -2.21. The van der Waals surface area contributed by atoms with E-state index in [1.165, 1.54) is 6.33 Å². The maximum atomic E-state index is 12.1. The van der Waals surface area contributed by atoms with Crippen molar-refractivity contribution >= 4 is 5.91 Å². The molecular formula is C13H17N5O. The minimum absolute atomic E-state index is 0.0143. The molecule has 1 amide bonds. The van der Waals surface area contributed by atoms with Gasteiger partial charge in [-0.3, -0.25) is 4.79 Å². The second-order valence-electron chi connectivity index (χ2n) is 4.22. The van der Waals surface area contributed by atoms with E-state index in [0.717, 1.165) is 12.2 Å². The molecule has 1 aromatic carbocycles. The summed E-state index contributed by atoms with van der Waals surface area (Å²) in [5.41, 5.74) is 1.55. The maximum absolute atomic E-state index is 12.1. The summed E-state index contributed by atoms with van der Waals surface area (Å²) >= 11 is 0. The molecule has 0 unspecified atom stereocenters. The third-order valence-electron chi connectivity index (χ3n) is 2.84. The third-order valence-corrected chi connectivity index (χ3v) is 2.84. The molecule has 1 N–H and O–H groups in total. The summed E-state index contributed by atoms with van der Waals surface area (Å²) < 4.78 is 1.65. The standard InChI is InChI=1S/C13H17N5O/c1-14-7-8-17(2)13(19)11-3-5-12(6-4-11)18-10-15-9-16-18/h3-6,9-10,14H,7-8H2,1-2H3. The molecule has 0 bridgehead atoms. The molecule has 0 saturated carbocycles. The number of rotatable bonds is 5. The molecule has 0 atom stereocenters. The first-order valence-electron chi connectivity index (χ1n) is 6.07. The van der Waals surface area contributed by atoms with Gasteiger partial charge in [0.1, 0.15) is 12.7 Å². The van der Waals surface area contributed by atoms with Gasteiger partial charge in [-0.25, -0.2) is 9.67 Å². The van der Waals surface area contributed by atoms with E-state index in [-0.39, 0.29) is 5.91 Å². The highest BCUT2D eigenvalue weighted by Gasteiger charge is 2.10. The normalized spacial score (nSPS) is 10.4. The molecule has 0 saturated heterocycles. The molecule has 1 heterocycles. The summed E-state index contributed by atoms with van der Waals surface area (Å²) in [6.07, 6.45) is 3.10. The summed E-state index contributed by atoms with van der Waals surface area (Å²) in [7, 11) is 3.66. The van der Waals surface area contributed by atoms with Crippen molar-refractivity contribution in [2.75, 3.05) is 27.2 Å². The molecular weight excluding hydrogens is 242 g/mol. The average Bonchev–Trinajstić information content (AvgIpc) is 2.98. The maximum Gasteiger partial charge on any atom is 0.253 e. The lowest BCUT2D eigenvalue weighted by Crippen LogP contribution is -2.32. The van der Waals surface area contributed by atoms with Gasteiger partial charge in [0.25, 0.3) is 5.91 Å². The lowest BCUT2D eigenvalue weighted by molar-refractivity contribution is 0.0797. The Kier molecular flexibility index (Phi) is 4.25. The number of amides is 1.